The summed E-state index contributed by atoms with van der Waals surface area (Å²) in [6.45, 7) is 5.06. The number of aryl methyl sites for hydroxylation is 2. The molecule has 5 rings (SSSR count). The quantitative estimate of drug-likeness (QED) is 0.383. The van der Waals surface area contributed by atoms with Crippen molar-refractivity contribution in [1.29, 1.82) is 0 Å². The van der Waals surface area contributed by atoms with Gasteiger partial charge in [-0.25, -0.2) is 13.8 Å². The molecule has 1 aromatic carbocycles. The van der Waals surface area contributed by atoms with E-state index in [0.29, 0.717) is 47.2 Å². The number of anilines is 1. The molecule has 0 aliphatic carbocycles. The van der Waals surface area contributed by atoms with Gasteiger partial charge in [-0.05, 0) is 55.7 Å². The molecule has 0 bridgehead atoms. The van der Waals surface area contributed by atoms with E-state index < -0.39 is 28.7 Å². The Morgan fingerprint density at radius 2 is 1.88 bits per heavy atom. The highest BCUT2D eigenvalue weighted by Crippen LogP contribution is 2.34. The molecule has 2 N–H and O–H groups in total. The molecule has 0 saturated heterocycles. The van der Waals surface area contributed by atoms with E-state index in [2.05, 4.69) is 9.88 Å². The van der Waals surface area contributed by atoms with Crippen LogP contribution in [-0.2, 0) is 7.05 Å². The molecule has 1 amide bonds. The van der Waals surface area contributed by atoms with Crippen molar-refractivity contribution in [1.82, 2.24) is 23.9 Å². The number of carbonyl (C=O) groups excluding carboxylic acids is 1. The summed E-state index contributed by atoms with van der Waals surface area (Å²) in [5.74, 6) is -3.04. The number of halogens is 3. The van der Waals surface area contributed by atoms with Crippen LogP contribution in [0, 0.1) is 24.4 Å². The average molecular weight is 565 g/mol. The molecule has 8 nitrogen and oxygen atoms in total. The van der Waals surface area contributed by atoms with Gasteiger partial charge < -0.3 is 15.2 Å². The zero-order chi connectivity index (χ0) is 29.7. The first-order valence-electron chi connectivity index (χ1n) is 13.2. The van der Waals surface area contributed by atoms with Gasteiger partial charge in [0, 0.05) is 68.7 Å². The Bertz CT molecular complexity index is 1770. The largest absolute Gasteiger partial charge is 0.394 e. The van der Waals surface area contributed by atoms with Crippen LogP contribution in [-0.4, -0.2) is 57.0 Å². The minimum absolute atomic E-state index is 0.0949. The molecule has 1 atom stereocenters. The third-order valence-corrected chi connectivity index (χ3v) is 7.82. The number of amides is 1. The van der Waals surface area contributed by atoms with E-state index in [1.54, 1.807) is 20.2 Å². The van der Waals surface area contributed by atoms with Gasteiger partial charge in [-0.3, -0.25) is 19.1 Å². The summed E-state index contributed by atoms with van der Waals surface area (Å²) < 4.78 is 46.5. The number of hydrogen-bond donors (Lipinski definition) is 1. The Morgan fingerprint density at radius 1 is 1.15 bits per heavy atom. The van der Waals surface area contributed by atoms with E-state index >= 15 is 4.39 Å². The van der Waals surface area contributed by atoms with Crippen LogP contribution in [0.4, 0.5) is 18.9 Å². The number of carbonyl (C=O) groups is 1. The second-order valence-corrected chi connectivity index (χ2v) is 10.6. The van der Waals surface area contributed by atoms with Crippen molar-refractivity contribution in [2.45, 2.75) is 26.3 Å². The lowest BCUT2D eigenvalue weighted by Crippen LogP contribution is -2.32. The van der Waals surface area contributed by atoms with Crippen molar-refractivity contribution in [2.24, 2.45) is 7.05 Å². The summed E-state index contributed by atoms with van der Waals surface area (Å²) in [5.41, 5.74) is 7.65. The third kappa shape index (κ3) is 4.80. The van der Waals surface area contributed by atoms with Crippen molar-refractivity contribution in [3.63, 3.8) is 0 Å². The summed E-state index contributed by atoms with van der Waals surface area (Å²) in [6.07, 6.45) is 4.97. The molecule has 0 fully saturated rings. The summed E-state index contributed by atoms with van der Waals surface area (Å²) in [7, 11) is 5.11. The number of nitrogens with zero attached hydrogens (tertiary/aromatic N) is 5. The van der Waals surface area contributed by atoms with E-state index in [1.165, 1.54) is 23.2 Å². The number of fused-ring (bicyclic) bond motifs is 1. The van der Waals surface area contributed by atoms with E-state index in [0.717, 1.165) is 22.0 Å². The Kier molecular flexibility index (Phi) is 7.24. The van der Waals surface area contributed by atoms with Gasteiger partial charge in [0.25, 0.3) is 11.5 Å². The molecule has 0 spiro atoms. The van der Waals surface area contributed by atoms with E-state index in [4.69, 9.17) is 5.73 Å². The fourth-order valence-electron chi connectivity index (χ4n) is 5.57. The van der Waals surface area contributed by atoms with Gasteiger partial charge in [0.1, 0.15) is 17.2 Å². The van der Waals surface area contributed by atoms with Gasteiger partial charge in [0.15, 0.2) is 5.82 Å². The zero-order valence-corrected chi connectivity index (χ0v) is 23.5. The molecular weight excluding hydrogens is 533 g/mol. The van der Waals surface area contributed by atoms with Crippen LogP contribution in [0.1, 0.15) is 46.6 Å². The number of aromatic nitrogens is 3. The fourth-order valence-corrected chi connectivity index (χ4v) is 5.57. The van der Waals surface area contributed by atoms with Crippen LogP contribution in [0.3, 0.4) is 0 Å². The molecule has 214 valence electrons. The van der Waals surface area contributed by atoms with Crippen LogP contribution >= 0.6 is 0 Å². The summed E-state index contributed by atoms with van der Waals surface area (Å²) in [5, 5.41) is 0.556. The van der Waals surface area contributed by atoms with Gasteiger partial charge >= 0.3 is 0 Å². The lowest BCUT2D eigenvalue weighted by Gasteiger charge is -2.32. The number of benzene rings is 1. The van der Waals surface area contributed by atoms with Crippen LogP contribution < -0.4 is 11.3 Å². The van der Waals surface area contributed by atoms with Gasteiger partial charge in [0.2, 0.25) is 5.82 Å². The van der Waals surface area contributed by atoms with E-state index in [-0.39, 0.29) is 17.6 Å². The van der Waals surface area contributed by atoms with Gasteiger partial charge in [-0.15, -0.1) is 0 Å². The fraction of sp³-hybridized carbons (Fsp3) is 0.300. The second kappa shape index (κ2) is 10.5. The molecule has 11 heteroatoms. The lowest BCUT2D eigenvalue weighted by atomic mass is 9.92. The predicted octanol–water partition coefficient (Wildman–Crippen LogP) is 4.58. The monoisotopic (exact) mass is 564 g/mol. The molecule has 0 saturated carbocycles. The highest BCUT2D eigenvalue weighted by Gasteiger charge is 2.26. The first kappa shape index (κ1) is 28.2. The molecule has 0 unspecified atom stereocenters. The topological polar surface area (TPSA) is 89.4 Å². The summed E-state index contributed by atoms with van der Waals surface area (Å²) in [6, 6.07) is 6.32. The standard InChI is InChI=1S/C30H31F3N6O2/c1-16-12-19(29(40)36(3)4)13-21(31)25(16)18-7-10-38(11-8-18)17(2)24-14-20-23(6-9-35-28(20)37(24)5)39-15-22(32)27(34)26(33)30(39)41/h6-7,9,12-15,17H,8,10-11,34H2,1-5H3/t17-/m0/s1. The van der Waals surface area contributed by atoms with Crippen molar-refractivity contribution in [3.8, 4) is 5.69 Å². The molecular formula is C30H31F3N6O2. The maximum atomic E-state index is 15.2. The molecule has 1 aliphatic heterocycles. The Labute approximate surface area is 235 Å². The Balaban J connectivity index is 1.45. The van der Waals surface area contributed by atoms with Crippen LogP contribution in [0.2, 0.25) is 0 Å². The van der Waals surface area contributed by atoms with Crippen molar-refractivity contribution in [2.75, 3.05) is 32.9 Å². The van der Waals surface area contributed by atoms with E-state index in [1.807, 2.05) is 37.6 Å². The van der Waals surface area contributed by atoms with E-state index in [9.17, 15) is 18.4 Å². The molecule has 0 radical (unpaired) electrons. The number of nitrogen functional groups attached to an aromatic ring is 1. The van der Waals surface area contributed by atoms with Crippen LogP contribution in [0.25, 0.3) is 22.3 Å². The van der Waals surface area contributed by atoms with Gasteiger partial charge in [-0.2, -0.15) is 4.39 Å². The molecule has 4 heterocycles. The smallest absolute Gasteiger partial charge is 0.293 e. The highest BCUT2D eigenvalue weighted by atomic mass is 19.1. The summed E-state index contributed by atoms with van der Waals surface area (Å²) in [4.78, 5) is 33.0. The summed E-state index contributed by atoms with van der Waals surface area (Å²) >= 11 is 0. The van der Waals surface area contributed by atoms with Crippen LogP contribution in [0.15, 0.2) is 47.5 Å². The Morgan fingerprint density at radius 3 is 2.51 bits per heavy atom. The van der Waals surface area contributed by atoms with Crippen molar-refractivity contribution < 1.29 is 18.0 Å². The molecule has 1 aliphatic rings. The molecule has 4 aromatic rings. The minimum Gasteiger partial charge on any atom is -0.394 e. The predicted molar refractivity (Wildman–Crippen MR) is 152 cm³/mol. The lowest BCUT2D eigenvalue weighted by molar-refractivity contribution is 0.0827. The van der Waals surface area contributed by atoms with Gasteiger partial charge in [-0.1, -0.05) is 6.08 Å². The Hall–Kier alpha value is -4.38. The van der Waals surface area contributed by atoms with Crippen molar-refractivity contribution >= 4 is 28.2 Å². The van der Waals surface area contributed by atoms with Crippen LogP contribution in [0.5, 0.6) is 0 Å². The molecule has 41 heavy (non-hydrogen) atoms. The average Bonchev–Trinajstić information content (AvgIpc) is 3.29. The number of pyridine rings is 2. The number of rotatable bonds is 5. The molecule has 3 aromatic heterocycles. The maximum absolute atomic E-state index is 15.2. The highest BCUT2D eigenvalue weighted by molar-refractivity contribution is 5.94. The second-order valence-electron chi connectivity index (χ2n) is 10.6. The minimum atomic E-state index is -1.35. The number of nitrogens with two attached hydrogens (primary N) is 1. The van der Waals surface area contributed by atoms with Crippen molar-refractivity contribution in [3.05, 3.63) is 92.9 Å². The third-order valence-electron chi connectivity index (χ3n) is 7.82. The maximum Gasteiger partial charge on any atom is 0.293 e. The first-order chi connectivity index (χ1) is 19.4. The first-order valence-corrected chi connectivity index (χ1v) is 13.2. The SMILES string of the molecule is Cc1cc(C(=O)N(C)C)cc(F)c1C1=CCN([C@@H](C)c2cc3c(-n4cc(F)c(N)c(F)c4=O)ccnc3n2C)CC1. The van der Waals surface area contributed by atoms with Gasteiger partial charge in [0.05, 0.1) is 11.9 Å². The number of hydrogen-bond acceptors (Lipinski definition) is 5. The normalized spacial score (nSPS) is 14.8. The zero-order valence-electron chi connectivity index (χ0n) is 23.5.